The molecule has 0 unspecified atom stereocenters. The van der Waals surface area contributed by atoms with E-state index in [2.05, 4.69) is 19.2 Å². The number of benzene rings is 1. The van der Waals surface area contributed by atoms with Gasteiger partial charge in [0.2, 0.25) is 0 Å². The summed E-state index contributed by atoms with van der Waals surface area (Å²) in [5, 5.41) is 9.50. The number of halogens is 2. The van der Waals surface area contributed by atoms with Crippen molar-refractivity contribution in [2.45, 2.75) is 39.5 Å². The minimum absolute atomic E-state index is 0.552. The zero-order valence-electron chi connectivity index (χ0n) is 13.0. The molecule has 3 nitrogen and oxygen atoms in total. The van der Waals surface area contributed by atoms with Gasteiger partial charge >= 0.3 is 0 Å². The fourth-order valence-corrected chi connectivity index (χ4v) is 3.33. The van der Waals surface area contributed by atoms with Crippen LogP contribution in [0.25, 0.3) is 5.69 Å². The lowest BCUT2D eigenvalue weighted by Crippen LogP contribution is -2.07. The third-order valence-electron chi connectivity index (χ3n) is 3.97. The lowest BCUT2D eigenvalue weighted by Gasteiger charge is -2.11. The Bertz CT molecular complexity index is 677. The SMILES string of the molecule is CC(C)Cc1nn(-c2cccc(Cl)c2Cl)c2c1CCCCN2. The second-order valence-electron chi connectivity index (χ2n) is 6.24. The molecule has 118 valence electrons. The third kappa shape index (κ3) is 2.97. The first-order valence-electron chi connectivity index (χ1n) is 7.87. The normalized spacial score (nSPS) is 14.6. The summed E-state index contributed by atoms with van der Waals surface area (Å²) in [5.74, 6) is 1.66. The van der Waals surface area contributed by atoms with Gasteiger partial charge in [0.1, 0.15) is 5.82 Å². The van der Waals surface area contributed by atoms with Crippen molar-refractivity contribution in [2.24, 2.45) is 5.92 Å². The Morgan fingerprint density at radius 1 is 1.27 bits per heavy atom. The van der Waals surface area contributed by atoms with Crippen molar-refractivity contribution < 1.29 is 0 Å². The molecular formula is C17H21Cl2N3. The van der Waals surface area contributed by atoms with Crippen molar-refractivity contribution in [1.29, 1.82) is 0 Å². The average molecular weight is 338 g/mol. The predicted octanol–water partition coefficient (Wildman–Crippen LogP) is 5.13. The summed E-state index contributed by atoms with van der Waals surface area (Å²) in [7, 11) is 0. The van der Waals surface area contributed by atoms with Gasteiger partial charge in [0.25, 0.3) is 0 Å². The highest BCUT2D eigenvalue weighted by Crippen LogP contribution is 2.34. The molecule has 0 spiro atoms. The summed E-state index contributed by atoms with van der Waals surface area (Å²) < 4.78 is 1.94. The molecule has 1 aliphatic heterocycles. The summed E-state index contributed by atoms with van der Waals surface area (Å²) in [4.78, 5) is 0. The standard InChI is InChI=1S/C17H21Cl2N3/c1-11(2)10-14-12-6-3-4-9-20-17(12)22(21-14)15-8-5-7-13(18)16(15)19/h5,7-8,11,20H,3-4,6,9-10H2,1-2H3. The number of fused-ring (bicyclic) bond motifs is 1. The molecule has 0 amide bonds. The van der Waals surface area contributed by atoms with Crippen molar-refractivity contribution in [2.75, 3.05) is 11.9 Å². The first-order valence-corrected chi connectivity index (χ1v) is 8.62. The molecule has 1 aromatic carbocycles. The Hall–Kier alpha value is -1.19. The van der Waals surface area contributed by atoms with Gasteiger partial charge in [0.15, 0.2) is 0 Å². The molecular weight excluding hydrogens is 317 g/mol. The molecule has 3 rings (SSSR count). The van der Waals surface area contributed by atoms with E-state index in [-0.39, 0.29) is 0 Å². The smallest absolute Gasteiger partial charge is 0.133 e. The van der Waals surface area contributed by atoms with Crippen molar-refractivity contribution in [3.63, 3.8) is 0 Å². The van der Waals surface area contributed by atoms with Crippen molar-refractivity contribution in [3.8, 4) is 5.69 Å². The molecule has 22 heavy (non-hydrogen) atoms. The quantitative estimate of drug-likeness (QED) is 0.841. The Kier molecular flexibility index (Phi) is 4.65. The van der Waals surface area contributed by atoms with E-state index >= 15 is 0 Å². The predicted molar refractivity (Wildman–Crippen MR) is 93.6 cm³/mol. The van der Waals surface area contributed by atoms with Gasteiger partial charge in [-0.15, -0.1) is 0 Å². The third-order valence-corrected chi connectivity index (χ3v) is 4.78. The van der Waals surface area contributed by atoms with Crippen LogP contribution >= 0.6 is 23.2 Å². The first kappa shape index (κ1) is 15.7. The number of aromatic nitrogens is 2. The number of hydrogen-bond donors (Lipinski definition) is 1. The van der Waals surface area contributed by atoms with E-state index in [1.54, 1.807) is 6.07 Å². The van der Waals surface area contributed by atoms with Crippen LogP contribution in [0.1, 0.15) is 37.9 Å². The van der Waals surface area contributed by atoms with Gasteiger partial charge < -0.3 is 5.32 Å². The lowest BCUT2D eigenvalue weighted by molar-refractivity contribution is 0.622. The van der Waals surface area contributed by atoms with Crippen LogP contribution in [0.3, 0.4) is 0 Å². The number of nitrogens with zero attached hydrogens (tertiary/aromatic N) is 2. The Balaban J connectivity index is 2.15. The summed E-state index contributed by atoms with van der Waals surface area (Å²) in [6.45, 7) is 5.42. The average Bonchev–Trinajstić information content (AvgIpc) is 2.66. The van der Waals surface area contributed by atoms with E-state index in [1.807, 2.05) is 16.8 Å². The van der Waals surface area contributed by atoms with E-state index in [0.29, 0.717) is 16.0 Å². The highest BCUT2D eigenvalue weighted by Gasteiger charge is 2.22. The topological polar surface area (TPSA) is 29.9 Å². The van der Waals surface area contributed by atoms with Crippen LogP contribution in [0.5, 0.6) is 0 Å². The molecule has 0 saturated heterocycles. The van der Waals surface area contributed by atoms with E-state index in [0.717, 1.165) is 30.9 Å². The maximum atomic E-state index is 6.41. The van der Waals surface area contributed by atoms with Crippen molar-refractivity contribution in [1.82, 2.24) is 9.78 Å². The lowest BCUT2D eigenvalue weighted by atomic mass is 10.0. The zero-order chi connectivity index (χ0) is 15.7. The molecule has 1 aromatic heterocycles. The van der Waals surface area contributed by atoms with E-state index in [4.69, 9.17) is 28.3 Å². The van der Waals surface area contributed by atoms with Gasteiger partial charge in [0, 0.05) is 12.1 Å². The first-order chi connectivity index (χ1) is 10.6. The minimum atomic E-state index is 0.552. The molecule has 5 heteroatoms. The Labute approximate surface area is 141 Å². The minimum Gasteiger partial charge on any atom is -0.370 e. The van der Waals surface area contributed by atoms with Crippen LogP contribution in [0.15, 0.2) is 18.2 Å². The summed E-state index contributed by atoms with van der Waals surface area (Å²) in [6.07, 6.45) is 4.43. The molecule has 0 bridgehead atoms. The highest BCUT2D eigenvalue weighted by atomic mass is 35.5. The largest absolute Gasteiger partial charge is 0.370 e. The Morgan fingerprint density at radius 3 is 2.86 bits per heavy atom. The molecule has 1 aliphatic rings. The van der Waals surface area contributed by atoms with Crippen LogP contribution in [0.4, 0.5) is 5.82 Å². The molecule has 0 fully saturated rings. The monoisotopic (exact) mass is 337 g/mol. The maximum absolute atomic E-state index is 6.41. The van der Waals surface area contributed by atoms with Crippen LogP contribution in [0, 0.1) is 5.92 Å². The van der Waals surface area contributed by atoms with Crippen molar-refractivity contribution >= 4 is 29.0 Å². The Morgan fingerprint density at radius 2 is 2.09 bits per heavy atom. The highest BCUT2D eigenvalue weighted by molar-refractivity contribution is 6.43. The van der Waals surface area contributed by atoms with Gasteiger partial charge in [-0.05, 0) is 43.7 Å². The molecule has 0 saturated carbocycles. The van der Waals surface area contributed by atoms with Gasteiger partial charge in [-0.2, -0.15) is 5.10 Å². The molecule has 0 aliphatic carbocycles. The second kappa shape index (κ2) is 6.51. The van der Waals surface area contributed by atoms with Crippen LogP contribution in [-0.4, -0.2) is 16.3 Å². The zero-order valence-corrected chi connectivity index (χ0v) is 14.5. The van der Waals surface area contributed by atoms with Gasteiger partial charge in [-0.25, -0.2) is 4.68 Å². The number of rotatable bonds is 3. The number of anilines is 1. The van der Waals surface area contributed by atoms with Crippen LogP contribution in [0.2, 0.25) is 10.0 Å². The van der Waals surface area contributed by atoms with Gasteiger partial charge in [0.05, 0.1) is 21.4 Å². The fraction of sp³-hybridized carbons (Fsp3) is 0.471. The van der Waals surface area contributed by atoms with E-state index < -0.39 is 0 Å². The second-order valence-corrected chi connectivity index (χ2v) is 7.03. The number of hydrogen-bond acceptors (Lipinski definition) is 2. The maximum Gasteiger partial charge on any atom is 0.133 e. The summed E-state index contributed by atoms with van der Waals surface area (Å²) in [6, 6.07) is 5.68. The van der Waals surface area contributed by atoms with Crippen LogP contribution < -0.4 is 5.32 Å². The molecule has 0 radical (unpaired) electrons. The van der Waals surface area contributed by atoms with Gasteiger partial charge in [-0.1, -0.05) is 43.1 Å². The van der Waals surface area contributed by atoms with Crippen LogP contribution in [-0.2, 0) is 12.8 Å². The van der Waals surface area contributed by atoms with Crippen molar-refractivity contribution in [3.05, 3.63) is 39.5 Å². The molecule has 1 N–H and O–H groups in total. The van der Waals surface area contributed by atoms with E-state index in [9.17, 15) is 0 Å². The van der Waals surface area contributed by atoms with E-state index in [1.165, 1.54) is 24.1 Å². The van der Waals surface area contributed by atoms with Gasteiger partial charge in [-0.3, -0.25) is 0 Å². The molecule has 0 atom stereocenters. The summed E-state index contributed by atoms with van der Waals surface area (Å²) in [5.41, 5.74) is 3.35. The fourth-order valence-electron chi connectivity index (χ4n) is 2.95. The molecule has 2 aromatic rings. The summed E-state index contributed by atoms with van der Waals surface area (Å²) >= 11 is 12.6. The molecule has 2 heterocycles. The number of nitrogens with one attached hydrogen (secondary N) is 1.